The minimum absolute atomic E-state index is 0.0183. The van der Waals surface area contributed by atoms with Crippen LogP contribution in [0.15, 0.2) is 48.5 Å². The van der Waals surface area contributed by atoms with E-state index in [1.54, 1.807) is 20.8 Å². The number of aliphatic carboxylic acids is 1. The number of amides is 2. The Hall–Kier alpha value is -3.49. The summed E-state index contributed by atoms with van der Waals surface area (Å²) in [6.07, 6.45) is -1.84. The predicted octanol–water partition coefficient (Wildman–Crippen LogP) is 4.26. The van der Waals surface area contributed by atoms with Crippen LogP contribution in [0, 0.1) is 5.41 Å². The maximum atomic E-state index is 14.0. The second kappa shape index (κ2) is 8.94. The van der Waals surface area contributed by atoms with Crippen molar-refractivity contribution in [2.24, 2.45) is 5.41 Å². The van der Waals surface area contributed by atoms with Crippen LogP contribution >= 0.6 is 0 Å². The third-order valence-electron chi connectivity index (χ3n) is 6.56. The van der Waals surface area contributed by atoms with Gasteiger partial charge in [0.2, 0.25) is 5.91 Å². The van der Waals surface area contributed by atoms with Gasteiger partial charge >= 0.3 is 12.1 Å². The minimum atomic E-state index is -3.31. The van der Waals surface area contributed by atoms with Crippen LogP contribution < -0.4 is 5.32 Å². The van der Waals surface area contributed by atoms with Crippen molar-refractivity contribution in [3.8, 4) is 11.1 Å². The van der Waals surface area contributed by atoms with Crippen LogP contribution in [0.5, 0.6) is 0 Å². The fourth-order valence-corrected chi connectivity index (χ4v) is 4.84. The molecule has 2 aromatic rings. The number of halogens is 2. The quantitative estimate of drug-likeness (QED) is 0.659. The Bertz CT molecular complexity index is 1110. The second-order valence-electron chi connectivity index (χ2n) is 10.1. The van der Waals surface area contributed by atoms with Gasteiger partial charge in [0.1, 0.15) is 18.7 Å². The number of carbonyl (C=O) groups is 3. The highest BCUT2D eigenvalue weighted by Gasteiger charge is 2.52. The number of alkyl carbamates (subject to hydrolysis) is 1. The Balaban J connectivity index is 1.49. The number of benzene rings is 2. The molecule has 0 unspecified atom stereocenters. The number of alkyl halides is 2. The Kier molecular flexibility index (Phi) is 6.29. The summed E-state index contributed by atoms with van der Waals surface area (Å²) in [5.41, 5.74) is 3.29. The first-order valence-corrected chi connectivity index (χ1v) is 11.4. The summed E-state index contributed by atoms with van der Waals surface area (Å²) in [5.74, 6) is -5.89. The topological polar surface area (TPSA) is 95.9 Å². The van der Waals surface area contributed by atoms with Crippen LogP contribution in [0.2, 0.25) is 0 Å². The molecule has 7 nitrogen and oxygen atoms in total. The number of nitrogens with zero attached hydrogens (tertiary/aromatic N) is 1. The Morgan fingerprint density at radius 2 is 1.63 bits per heavy atom. The normalized spacial score (nSPS) is 19.6. The number of carboxylic acid groups (broad SMARTS) is 1. The molecule has 1 saturated heterocycles. The van der Waals surface area contributed by atoms with Gasteiger partial charge in [0.25, 0.3) is 5.92 Å². The zero-order valence-electron chi connectivity index (χ0n) is 19.8. The molecule has 1 aliphatic carbocycles. The van der Waals surface area contributed by atoms with Crippen molar-refractivity contribution < 1.29 is 33.0 Å². The van der Waals surface area contributed by atoms with Gasteiger partial charge in [-0.15, -0.1) is 0 Å². The first kappa shape index (κ1) is 24.6. The van der Waals surface area contributed by atoms with E-state index >= 15 is 0 Å². The van der Waals surface area contributed by atoms with Crippen LogP contribution in [0.25, 0.3) is 11.1 Å². The van der Waals surface area contributed by atoms with Crippen LogP contribution in [0.4, 0.5) is 13.6 Å². The molecule has 9 heteroatoms. The summed E-state index contributed by atoms with van der Waals surface area (Å²) in [5, 5.41) is 11.9. The van der Waals surface area contributed by atoms with E-state index in [9.17, 15) is 28.3 Å². The van der Waals surface area contributed by atoms with Gasteiger partial charge < -0.3 is 20.1 Å². The zero-order chi connectivity index (χ0) is 25.5. The lowest BCUT2D eigenvalue weighted by Gasteiger charge is -2.34. The number of carboxylic acids is 1. The Labute approximate surface area is 202 Å². The van der Waals surface area contributed by atoms with E-state index in [1.807, 2.05) is 48.5 Å². The molecule has 0 bridgehead atoms. The van der Waals surface area contributed by atoms with E-state index < -0.39 is 54.4 Å². The minimum Gasteiger partial charge on any atom is -0.480 e. The number of fused-ring (bicyclic) bond motifs is 3. The summed E-state index contributed by atoms with van der Waals surface area (Å²) in [7, 11) is 0. The number of nitrogens with one attached hydrogen (secondary N) is 1. The van der Waals surface area contributed by atoms with E-state index in [1.165, 1.54) is 0 Å². The predicted molar refractivity (Wildman–Crippen MR) is 124 cm³/mol. The van der Waals surface area contributed by atoms with E-state index in [0.717, 1.165) is 22.3 Å². The lowest BCUT2D eigenvalue weighted by Crippen LogP contribution is -2.57. The molecule has 0 saturated carbocycles. The van der Waals surface area contributed by atoms with Crippen molar-refractivity contribution in [2.45, 2.75) is 51.1 Å². The van der Waals surface area contributed by atoms with Crippen molar-refractivity contribution in [3.05, 3.63) is 59.7 Å². The number of likely N-dealkylation sites (tertiary alicyclic amines) is 1. The summed E-state index contributed by atoms with van der Waals surface area (Å²) in [6, 6.07) is 12.8. The maximum Gasteiger partial charge on any atom is 0.407 e. The molecule has 2 amide bonds. The first-order valence-electron chi connectivity index (χ1n) is 11.4. The van der Waals surface area contributed by atoms with Crippen LogP contribution in [0.1, 0.15) is 44.2 Å². The number of carbonyl (C=O) groups excluding carboxylic acids is 2. The molecule has 35 heavy (non-hydrogen) atoms. The molecule has 2 N–H and O–H groups in total. The lowest BCUT2D eigenvalue weighted by molar-refractivity contribution is -0.150. The Morgan fingerprint density at radius 3 is 2.14 bits per heavy atom. The molecule has 1 fully saturated rings. The second-order valence-corrected chi connectivity index (χ2v) is 10.1. The SMILES string of the molecule is CC(C)(C)[C@H](NC(=O)OCC1c2ccccc2-c2ccccc21)C(=O)N1CC(F)(F)C[C@@H]1C(=O)O. The van der Waals surface area contributed by atoms with Crippen LogP contribution in [0.3, 0.4) is 0 Å². The van der Waals surface area contributed by atoms with Crippen molar-refractivity contribution in [1.82, 2.24) is 10.2 Å². The van der Waals surface area contributed by atoms with Crippen LogP contribution in [-0.4, -0.2) is 59.1 Å². The summed E-state index contributed by atoms with van der Waals surface area (Å²) in [6.45, 7) is 3.97. The lowest BCUT2D eigenvalue weighted by atomic mass is 9.85. The van der Waals surface area contributed by atoms with Gasteiger partial charge in [0, 0.05) is 12.3 Å². The monoisotopic (exact) mass is 486 g/mol. The molecule has 2 aliphatic rings. The number of rotatable bonds is 5. The fraction of sp³-hybridized carbons (Fsp3) is 0.423. The van der Waals surface area contributed by atoms with Gasteiger partial charge in [-0.3, -0.25) is 4.79 Å². The van der Waals surface area contributed by atoms with Crippen molar-refractivity contribution >= 4 is 18.0 Å². The average molecular weight is 487 g/mol. The molecule has 0 aromatic heterocycles. The molecule has 1 aliphatic heterocycles. The van der Waals surface area contributed by atoms with E-state index in [0.29, 0.717) is 4.90 Å². The first-order chi connectivity index (χ1) is 16.4. The molecule has 186 valence electrons. The average Bonchev–Trinajstić information content (AvgIpc) is 3.29. The molecule has 0 spiro atoms. The number of hydrogen-bond donors (Lipinski definition) is 2. The smallest absolute Gasteiger partial charge is 0.407 e. The highest BCUT2D eigenvalue weighted by atomic mass is 19.3. The van der Waals surface area contributed by atoms with Gasteiger partial charge in [-0.05, 0) is 27.7 Å². The standard InChI is InChI=1S/C26H28F2N2O5/c1-25(2,3)21(22(31)30-14-26(27,28)12-20(30)23(32)33)29-24(34)35-13-19-17-10-6-4-8-15(17)16-9-5-7-11-18(16)19/h4-11,19-21H,12-14H2,1-3H3,(H,29,34)(H,32,33)/t20-,21-/m1/s1. The highest BCUT2D eigenvalue weighted by Crippen LogP contribution is 2.44. The van der Waals surface area contributed by atoms with E-state index in [2.05, 4.69) is 5.32 Å². The van der Waals surface area contributed by atoms with Crippen molar-refractivity contribution in [2.75, 3.05) is 13.2 Å². The van der Waals surface area contributed by atoms with Gasteiger partial charge in [-0.1, -0.05) is 69.3 Å². The summed E-state index contributed by atoms with van der Waals surface area (Å²) in [4.78, 5) is 38.1. The molecular weight excluding hydrogens is 458 g/mol. The van der Waals surface area contributed by atoms with Crippen LogP contribution in [-0.2, 0) is 14.3 Å². The highest BCUT2D eigenvalue weighted by molar-refractivity contribution is 5.90. The van der Waals surface area contributed by atoms with Crippen molar-refractivity contribution in [1.29, 1.82) is 0 Å². The number of hydrogen-bond acceptors (Lipinski definition) is 4. The number of ether oxygens (including phenoxy) is 1. The van der Waals surface area contributed by atoms with Crippen molar-refractivity contribution in [3.63, 3.8) is 0 Å². The summed E-state index contributed by atoms with van der Waals surface area (Å²) < 4.78 is 33.4. The van der Waals surface area contributed by atoms with E-state index in [-0.39, 0.29) is 12.5 Å². The molecule has 1 heterocycles. The fourth-order valence-electron chi connectivity index (χ4n) is 4.84. The summed E-state index contributed by atoms with van der Waals surface area (Å²) >= 11 is 0. The molecule has 4 rings (SSSR count). The molecule has 0 radical (unpaired) electrons. The molecule has 2 aromatic carbocycles. The van der Waals surface area contributed by atoms with Gasteiger partial charge in [0.05, 0.1) is 6.54 Å². The van der Waals surface area contributed by atoms with E-state index in [4.69, 9.17) is 4.74 Å². The zero-order valence-corrected chi connectivity index (χ0v) is 19.8. The molecule has 2 atom stereocenters. The maximum absolute atomic E-state index is 14.0. The third-order valence-corrected chi connectivity index (χ3v) is 6.56. The van der Waals surface area contributed by atoms with Gasteiger partial charge in [0.15, 0.2) is 0 Å². The molecular formula is C26H28F2N2O5. The largest absolute Gasteiger partial charge is 0.480 e. The Morgan fingerprint density at radius 1 is 1.09 bits per heavy atom. The van der Waals surface area contributed by atoms with Gasteiger partial charge in [-0.25, -0.2) is 18.4 Å². The third kappa shape index (κ3) is 4.85. The van der Waals surface area contributed by atoms with Gasteiger partial charge in [-0.2, -0.15) is 0 Å².